The van der Waals surface area contributed by atoms with E-state index >= 15 is 0 Å². The Morgan fingerprint density at radius 3 is 2.80 bits per heavy atom. The first kappa shape index (κ1) is 14.3. The smallest absolute Gasteiger partial charge is 0.365 e. The molecule has 0 fully saturated rings. The minimum atomic E-state index is -1.13. The Labute approximate surface area is 123 Å². The lowest BCUT2D eigenvalue weighted by Crippen LogP contribution is -2.13. The molecule has 0 aliphatic carbocycles. The Kier molecular flexibility index (Phi) is 3.95. The van der Waals surface area contributed by atoms with Crippen molar-refractivity contribution in [2.45, 2.75) is 6.54 Å². The van der Waals surface area contributed by atoms with Gasteiger partial charge >= 0.3 is 11.7 Å². The van der Waals surface area contributed by atoms with Crippen LogP contribution in [-0.4, -0.2) is 25.6 Å². The van der Waals surface area contributed by atoms with Crippen molar-refractivity contribution < 1.29 is 14.8 Å². The second kappa shape index (κ2) is 5.51. The van der Waals surface area contributed by atoms with Gasteiger partial charge < -0.3 is 9.67 Å². The molecule has 2 aromatic rings. The highest BCUT2D eigenvalue weighted by Crippen LogP contribution is 2.14. The van der Waals surface area contributed by atoms with E-state index in [2.05, 4.69) is 20.9 Å². The molecule has 10 heteroatoms. The van der Waals surface area contributed by atoms with Crippen LogP contribution in [0.15, 0.2) is 27.0 Å². The van der Waals surface area contributed by atoms with E-state index < -0.39 is 22.0 Å². The topological polar surface area (TPSA) is 115 Å². The zero-order valence-electron chi connectivity index (χ0n) is 9.65. The number of thiazole rings is 1. The van der Waals surface area contributed by atoms with Crippen LogP contribution in [-0.2, 0) is 6.54 Å². The van der Waals surface area contributed by atoms with Gasteiger partial charge in [0.2, 0.25) is 5.01 Å². The average molecular weight is 360 g/mol. The summed E-state index contributed by atoms with van der Waals surface area (Å²) in [6.07, 6.45) is 2.47. The van der Waals surface area contributed by atoms with Gasteiger partial charge in [0.05, 0.1) is 27.8 Å². The van der Waals surface area contributed by atoms with E-state index in [1.54, 1.807) is 5.38 Å². The van der Waals surface area contributed by atoms with Gasteiger partial charge in [0.15, 0.2) is 0 Å². The van der Waals surface area contributed by atoms with Crippen LogP contribution < -0.4 is 5.43 Å². The zero-order valence-corrected chi connectivity index (χ0v) is 12.0. The van der Waals surface area contributed by atoms with Crippen LogP contribution in [0.4, 0.5) is 5.69 Å². The van der Waals surface area contributed by atoms with Gasteiger partial charge in [-0.2, -0.15) is 0 Å². The Morgan fingerprint density at radius 1 is 1.55 bits per heavy atom. The van der Waals surface area contributed by atoms with Crippen molar-refractivity contribution in [3.05, 3.63) is 53.3 Å². The van der Waals surface area contributed by atoms with Crippen LogP contribution in [0, 0.1) is 10.1 Å². The average Bonchev–Trinajstić information content (AvgIpc) is 2.81. The maximum atomic E-state index is 11.5. The summed E-state index contributed by atoms with van der Waals surface area (Å²) in [4.78, 5) is 36.1. The van der Waals surface area contributed by atoms with Crippen LogP contribution in [0.5, 0.6) is 0 Å². The van der Waals surface area contributed by atoms with Crippen molar-refractivity contribution in [3.8, 4) is 0 Å². The second-order valence-electron chi connectivity index (χ2n) is 3.70. The van der Waals surface area contributed by atoms with E-state index in [1.807, 2.05) is 0 Å². The van der Waals surface area contributed by atoms with E-state index in [4.69, 9.17) is 5.11 Å². The highest BCUT2D eigenvalue weighted by atomic mass is 79.9. The lowest BCUT2D eigenvalue weighted by molar-refractivity contribution is -0.386. The molecule has 20 heavy (non-hydrogen) atoms. The van der Waals surface area contributed by atoms with E-state index in [-0.39, 0.29) is 16.0 Å². The van der Waals surface area contributed by atoms with Crippen molar-refractivity contribution in [1.82, 2.24) is 9.55 Å². The molecule has 0 spiro atoms. The van der Waals surface area contributed by atoms with Crippen molar-refractivity contribution in [1.29, 1.82) is 0 Å². The molecule has 2 aromatic heterocycles. The third-order valence-electron chi connectivity index (χ3n) is 2.29. The first-order valence-electron chi connectivity index (χ1n) is 5.10. The Morgan fingerprint density at radius 2 is 2.25 bits per heavy atom. The van der Waals surface area contributed by atoms with Crippen molar-refractivity contribution in [2.24, 2.45) is 0 Å². The van der Waals surface area contributed by atoms with Gasteiger partial charge in [0.25, 0.3) is 5.43 Å². The van der Waals surface area contributed by atoms with Gasteiger partial charge in [-0.25, -0.2) is 9.78 Å². The van der Waals surface area contributed by atoms with Gasteiger partial charge in [-0.05, 0) is 15.9 Å². The molecule has 8 nitrogen and oxygen atoms in total. The highest BCUT2D eigenvalue weighted by Gasteiger charge is 2.16. The number of nitro groups is 1. The number of carbonyl (C=O) groups is 1. The van der Waals surface area contributed by atoms with Gasteiger partial charge in [-0.1, -0.05) is 0 Å². The normalized spacial score (nSPS) is 10.4. The molecule has 0 bridgehead atoms. The summed E-state index contributed by atoms with van der Waals surface area (Å²) in [5, 5.41) is 21.0. The van der Waals surface area contributed by atoms with E-state index in [0.717, 1.165) is 17.5 Å². The molecule has 0 atom stereocenters. The van der Waals surface area contributed by atoms with Crippen molar-refractivity contribution >= 4 is 38.9 Å². The maximum Gasteiger partial charge on any atom is 0.365 e. The number of hydrogen-bond donors (Lipinski definition) is 1. The first-order valence-corrected chi connectivity index (χ1v) is 6.77. The number of carboxylic acids is 1. The summed E-state index contributed by atoms with van der Waals surface area (Å²) in [7, 11) is 0. The minimum absolute atomic E-state index is 0.0559. The SMILES string of the molecule is O=C(O)c1nc(Cn2cc(Br)c(=O)c([N+](=O)[O-])c2)cs1. The van der Waals surface area contributed by atoms with Crippen LogP contribution in [0.1, 0.15) is 15.5 Å². The summed E-state index contributed by atoms with van der Waals surface area (Å²) in [6, 6.07) is 0. The number of rotatable bonds is 4. The van der Waals surface area contributed by atoms with Crippen LogP contribution in [0.25, 0.3) is 0 Å². The number of nitrogens with zero attached hydrogens (tertiary/aromatic N) is 3. The molecule has 0 amide bonds. The molecule has 2 heterocycles. The Hall–Kier alpha value is -2.07. The third kappa shape index (κ3) is 2.91. The Balaban J connectivity index is 2.36. The van der Waals surface area contributed by atoms with E-state index in [0.29, 0.717) is 5.69 Å². The molecule has 104 valence electrons. The quantitative estimate of drug-likeness (QED) is 0.656. The van der Waals surface area contributed by atoms with Crippen molar-refractivity contribution in [2.75, 3.05) is 0 Å². The van der Waals surface area contributed by atoms with E-state index in [9.17, 15) is 19.7 Å². The highest BCUT2D eigenvalue weighted by molar-refractivity contribution is 9.10. The summed E-state index contributed by atoms with van der Waals surface area (Å²) < 4.78 is 1.45. The van der Waals surface area contributed by atoms with Crippen LogP contribution in [0.2, 0.25) is 0 Å². The maximum absolute atomic E-state index is 11.5. The fourth-order valence-electron chi connectivity index (χ4n) is 1.47. The monoisotopic (exact) mass is 359 g/mol. The third-order valence-corrected chi connectivity index (χ3v) is 3.74. The van der Waals surface area contributed by atoms with Crippen LogP contribution in [0.3, 0.4) is 0 Å². The number of pyridine rings is 1. The summed E-state index contributed by atoms with van der Waals surface area (Å²) in [5.74, 6) is -1.13. The molecule has 0 radical (unpaired) electrons. The zero-order chi connectivity index (χ0) is 14.9. The molecule has 0 saturated carbocycles. The number of carboxylic acid groups (broad SMARTS) is 1. The first-order chi connectivity index (χ1) is 9.38. The Bertz CT molecular complexity index is 754. The molecule has 0 aliphatic heterocycles. The largest absolute Gasteiger partial charge is 0.476 e. The minimum Gasteiger partial charge on any atom is -0.476 e. The number of hydrogen-bond acceptors (Lipinski definition) is 6. The molecule has 1 N–H and O–H groups in total. The van der Waals surface area contributed by atoms with Crippen molar-refractivity contribution in [3.63, 3.8) is 0 Å². The lowest BCUT2D eigenvalue weighted by Gasteiger charge is -2.04. The van der Waals surface area contributed by atoms with Gasteiger partial charge in [0, 0.05) is 11.6 Å². The molecule has 2 rings (SSSR count). The standard InChI is InChI=1S/C10H6BrN3O5S/c11-6-2-13(3-7(8(6)15)14(18)19)1-5-4-20-9(12-5)10(16)17/h2-4H,1H2,(H,16,17). The predicted molar refractivity (Wildman–Crippen MR) is 73.2 cm³/mol. The fraction of sp³-hybridized carbons (Fsp3) is 0.100. The molecule has 0 unspecified atom stereocenters. The number of aromatic nitrogens is 2. The molecular weight excluding hydrogens is 354 g/mol. The second-order valence-corrected chi connectivity index (χ2v) is 5.41. The summed E-state index contributed by atoms with van der Waals surface area (Å²) >= 11 is 3.92. The molecule has 0 aromatic carbocycles. The van der Waals surface area contributed by atoms with E-state index in [1.165, 1.54) is 10.8 Å². The number of aromatic carboxylic acids is 1. The predicted octanol–water partition coefficient (Wildman–Crippen LogP) is 1.72. The van der Waals surface area contributed by atoms with Gasteiger partial charge in [-0.15, -0.1) is 11.3 Å². The lowest BCUT2D eigenvalue weighted by atomic mass is 10.4. The van der Waals surface area contributed by atoms with Crippen LogP contribution >= 0.6 is 27.3 Å². The van der Waals surface area contributed by atoms with Gasteiger partial charge in [0.1, 0.15) is 0 Å². The summed E-state index contributed by atoms with van der Waals surface area (Å²) in [6.45, 7) is 0.128. The molecular formula is C10H6BrN3O5S. The summed E-state index contributed by atoms with van der Waals surface area (Å²) in [5.41, 5.74) is -0.832. The van der Waals surface area contributed by atoms with Gasteiger partial charge in [-0.3, -0.25) is 14.9 Å². The molecule has 0 aliphatic rings. The number of halogens is 1. The fourth-order valence-corrected chi connectivity index (χ4v) is 2.58. The molecule has 0 saturated heterocycles.